The first-order valence-electron chi connectivity index (χ1n) is 10.9. The van der Waals surface area contributed by atoms with Crippen molar-refractivity contribution in [2.45, 2.75) is 38.6 Å². The Kier molecular flexibility index (Phi) is 5.05. The molecule has 6 nitrogen and oxygen atoms in total. The van der Waals surface area contributed by atoms with E-state index in [1.807, 2.05) is 30.3 Å². The van der Waals surface area contributed by atoms with E-state index in [9.17, 15) is 14.7 Å². The van der Waals surface area contributed by atoms with E-state index in [1.54, 1.807) is 12.1 Å². The molecule has 0 radical (unpaired) electrons. The summed E-state index contributed by atoms with van der Waals surface area (Å²) in [5.41, 5.74) is 5.05. The van der Waals surface area contributed by atoms with Gasteiger partial charge in [-0.15, -0.1) is 0 Å². The summed E-state index contributed by atoms with van der Waals surface area (Å²) in [7, 11) is 0. The van der Waals surface area contributed by atoms with Gasteiger partial charge < -0.3 is 20.2 Å². The monoisotopic (exact) mass is 428 g/mol. The molecular formula is C26H24N2O4. The second-order valence-corrected chi connectivity index (χ2v) is 8.30. The van der Waals surface area contributed by atoms with Crippen LogP contribution in [0.3, 0.4) is 0 Å². The Hall–Kier alpha value is -3.80. The van der Waals surface area contributed by atoms with Crippen molar-refractivity contribution in [3.8, 4) is 0 Å². The van der Waals surface area contributed by atoms with Gasteiger partial charge in [-0.2, -0.15) is 0 Å². The van der Waals surface area contributed by atoms with E-state index in [1.165, 1.54) is 17.7 Å². The number of carboxylic acids is 1. The van der Waals surface area contributed by atoms with Gasteiger partial charge in [-0.05, 0) is 68.2 Å². The summed E-state index contributed by atoms with van der Waals surface area (Å²) in [5, 5.41) is 15.7. The van der Waals surface area contributed by atoms with Gasteiger partial charge in [-0.3, -0.25) is 4.79 Å². The van der Waals surface area contributed by atoms with E-state index in [2.05, 4.69) is 17.6 Å². The lowest BCUT2D eigenvalue weighted by molar-refractivity contribution is -0.110. The molecule has 1 aliphatic heterocycles. The molecule has 1 amide bonds. The number of fused-ring (bicyclic) bond motifs is 2. The van der Waals surface area contributed by atoms with Crippen molar-refractivity contribution in [2.24, 2.45) is 0 Å². The molecule has 32 heavy (non-hydrogen) atoms. The number of carbonyl (C=O) groups is 2. The van der Waals surface area contributed by atoms with Crippen LogP contribution in [0.25, 0.3) is 11.6 Å². The average Bonchev–Trinajstić information content (AvgIpc) is 3.31. The Labute approximate surface area is 186 Å². The quantitative estimate of drug-likeness (QED) is 0.465. The standard InChI is InChI=1S/C26H24N2O4/c1-15(27-17-7-3-2-4-8-17)24-18-9-5-6-10-22(18)32-23(24)14-20-19-13-16(26(30)31)11-12-21(19)28-25(20)29/h2-4,7-8,11-15,27H,5-6,9-10H2,1H3,(H,28,29)(H,30,31). The van der Waals surface area contributed by atoms with Crippen molar-refractivity contribution < 1.29 is 19.1 Å². The zero-order chi connectivity index (χ0) is 22.2. The number of furan rings is 1. The highest BCUT2D eigenvalue weighted by atomic mass is 16.4. The molecule has 162 valence electrons. The van der Waals surface area contributed by atoms with Crippen LogP contribution in [0, 0.1) is 0 Å². The molecule has 0 saturated heterocycles. The number of hydrogen-bond donors (Lipinski definition) is 3. The van der Waals surface area contributed by atoms with Gasteiger partial charge in [0.1, 0.15) is 11.5 Å². The first-order chi connectivity index (χ1) is 15.5. The third kappa shape index (κ3) is 3.58. The van der Waals surface area contributed by atoms with Crippen LogP contribution in [0.2, 0.25) is 0 Å². The number of hydrogen-bond acceptors (Lipinski definition) is 4. The minimum absolute atomic E-state index is 0.0239. The molecule has 1 aromatic heterocycles. The van der Waals surface area contributed by atoms with Crippen molar-refractivity contribution in [1.82, 2.24) is 0 Å². The van der Waals surface area contributed by atoms with Gasteiger partial charge in [0.05, 0.1) is 17.2 Å². The molecule has 2 heterocycles. The summed E-state index contributed by atoms with van der Waals surface area (Å²) in [6.45, 7) is 2.10. The maximum Gasteiger partial charge on any atom is 0.335 e. The van der Waals surface area contributed by atoms with E-state index in [0.29, 0.717) is 22.6 Å². The van der Waals surface area contributed by atoms with Crippen LogP contribution in [0.15, 0.2) is 52.9 Å². The van der Waals surface area contributed by atoms with Crippen LogP contribution in [0.4, 0.5) is 11.4 Å². The van der Waals surface area contributed by atoms with Crippen molar-refractivity contribution in [1.29, 1.82) is 0 Å². The smallest absolute Gasteiger partial charge is 0.335 e. The van der Waals surface area contributed by atoms with Crippen LogP contribution in [-0.2, 0) is 17.6 Å². The summed E-state index contributed by atoms with van der Waals surface area (Å²) >= 11 is 0. The first kappa shape index (κ1) is 20.1. The molecule has 0 fully saturated rings. The van der Waals surface area contributed by atoms with E-state index >= 15 is 0 Å². The number of aromatic carboxylic acids is 1. The fourth-order valence-corrected chi connectivity index (χ4v) is 4.65. The minimum atomic E-state index is -1.03. The van der Waals surface area contributed by atoms with Crippen LogP contribution in [0.5, 0.6) is 0 Å². The Bertz CT molecular complexity index is 1240. The Morgan fingerprint density at radius 1 is 1.16 bits per heavy atom. The molecule has 1 aliphatic carbocycles. The molecule has 6 heteroatoms. The number of aryl methyl sites for hydroxylation is 1. The number of rotatable bonds is 5. The van der Waals surface area contributed by atoms with Gasteiger partial charge >= 0.3 is 5.97 Å². The van der Waals surface area contributed by atoms with E-state index < -0.39 is 5.97 Å². The van der Waals surface area contributed by atoms with Crippen LogP contribution < -0.4 is 10.6 Å². The predicted molar refractivity (Wildman–Crippen MR) is 124 cm³/mol. The Morgan fingerprint density at radius 3 is 2.72 bits per heavy atom. The summed E-state index contributed by atoms with van der Waals surface area (Å²) in [4.78, 5) is 24.2. The van der Waals surface area contributed by atoms with Gasteiger partial charge in [0.25, 0.3) is 5.91 Å². The SMILES string of the molecule is CC(Nc1ccccc1)c1c(C=C2C(=O)Nc3ccc(C(=O)O)cc32)oc2c1CCCC2. The lowest BCUT2D eigenvalue weighted by atomic mass is 9.91. The van der Waals surface area contributed by atoms with Gasteiger partial charge in [0.2, 0.25) is 0 Å². The summed E-state index contributed by atoms with van der Waals surface area (Å²) in [5.74, 6) is 0.358. The highest BCUT2D eigenvalue weighted by Gasteiger charge is 2.29. The number of carboxylic acid groups (broad SMARTS) is 1. The third-order valence-electron chi connectivity index (χ3n) is 6.16. The normalized spacial score (nSPS) is 16.9. The molecule has 2 aliphatic rings. The van der Waals surface area contributed by atoms with Crippen molar-refractivity contribution in [3.63, 3.8) is 0 Å². The molecule has 5 rings (SSSR count). The average molecular weight is 428 g/mol. The molecule has 0 saturated carbocycles. The Balaban J connectivity index is 1.59. The minimum Gasteiger partial charge on any atom is -0.478 e. The summed E-state index contributed by atoms with van der Waals surface area (Å²) in [6, 6.07) is 14.6. The largest absolute Gasteiger partial charge is 0.478 e. The fraction of sp³-hybridized carbons (Fsp3) is 0.231. The molecule has 0 bridgehead atoms. The summed E-state index contributed by atoms with van der Waals surface area (Å²) in [6.07, 6.45) is 5.80. The van der Waals surface area contributed by atoms with Gasteiger partial charge in [0, 0.05) is 28.9 Å². The van der Waals surface area contributed by atoms with Crippen LogP contribution in [-0.4, -0.2) is 17.0 Å². The fourth-order valence-electron chi connectivity index (χ4n) is 4.65. The number of anilines is 2. The third-order valence-corrected chi connectivity index (χ3v) is 6.16. The van der Waals surface area contributed by atoms with E-state index in [-0.39, 0.29) is 17.5 Å². The van der Waals surface area contributed by atoms with E-state index in [0.717, 1.165) is 42.7 Å². The molecule has 1 unspecified atom stereocenters. The van der Waals surface area contributed by atoms with Crippen molar-refractivity contribution in [3.05, 3.63) is 82.3 Å². The van der Waals surface area contributed by atoms with E-state index in [4.69, 9.17) is 4.42 Å². The molecule has 3 N–H and O–H groups in total. The lowest BCUT2D eigenvalue weighted by Crippen LogP contribution is -2.11. The maximum atomic E-state index is 12.7. The van der Waals surface area contributed by atoms with Crippen molar-refractivity contribution in [2.75, 3.05) is 10.6 Å². The van der Waals surface area contributed by atoms with Gasteiger partial charge in [-0.1, -0.05) is 18.2 Å². The lowest BCUT2D eigenvalue weighted by Gasteiger charge is -2.18. The number of carbonyl (C=O) groups excluding carboxylic acids is 1. The van der Waals surface area contributed by atoms with Gasteiger partial charge in [-0.25, -0.2) is 4.79 Å². The maximum absolute atomic E-state index is 12.7. The summed E-state index contributed by atoms with van der Waals surface area (Å²) < 4.78 is 6.29. The number of para-hydroxylation sites is 1. The molecule has 0 spiro atoms. The second kappa shape index (κ2) is 8.04. The molecule has 3 aromatic rings. The predicted octanol–water partition coefficient (Wildman–Crippen LogP) is 5.52. The Morgan fingerprint density at radius 2 is 1.94 bits per heavy atom. The highest BCUT2D eigenvalue weighted by molar-refractivity contribution is 6.35. The van der Waals surface area contributed by atoms with Crippen molar-refractivity contribution >= 4 is 34.9 Å². The topological polar surface area (TPSA) is 91.6 Å². The molecule has 2 aromatic carbocycles. The van der Waals surface area contributed by atoms with Gasteiger partial charge in [0.15, 0.2) is 0 Å². The number of nitrogens with one attached hydrogen (secondary N) is 2. The zero-order valence-electron chi connectivity index (χ0n) is 17.8. The molecular weight excluding hydrogens is 404 g/mol. The van der Waals surface area contributed by atoms with Crippen LogP contribution in [0.1, 0.15) is 64.4 Å². The second-order valence-electron chi connectivity index (χ2n) is 8.30. The first-order valence-corrected chi connectivity index (χ1v) is 10.9. The molecule has 1 atom stereocenters. The number of benzene rings is 2. The number of amides is 1. The van der Waals surface area contributed by atoms with Crippen LogP contribution >= 0.6 is 0 Å². The highest BCUT2D eigenvalue weighted by Crippen LogP contribution is 2.39. The zero-order valence-corrected chi connectivity index (χ0v) is 17.8.